The molecular weight excluding hydrogens is 161 g/mol. The van der Waals surface area contributed by atoms with Gasteiger partial charge in [0, 0.05) is 0 Å². The molecular formula is C8H15Zn. The van der Waals surface area contributed by atoms with Crippen LogP contribution < -0.4 is 0 Å². The van der Waals surface area contributed by atoms with Crippen molar-refractivity contribution in [3.05, 3.63) is 12.7 Å². The minimum absolute atomic E-state index is 1.21. The molecule has 1 heteroatoms. The van der Waals surface area contributed by atoms with E-state index in [0.717, 1.165) is 0 Å². The van der Waals surface area contributed by atoms with Crippen LogP contribution in [0.1, 0.15) is 32.1 Å². The van der Waals surface area contributed by atoms with Gasteiger partial charge in [-0.25, -0.2) is 0 Å². The molecule has 0 aromatic carbocycles. The summed E-state index contributed by atoms with van der Waals surface area (Å²) in [6.07, 6.45) is 8.88. The molecule has 0 heterocycles. The van der Waals surface area contributed by atoms with Crippen LogP contribution in [0.3, 0.4) is 0 Å². The number of unbranched alkanes of at least 4 members (excludes halogenated alkanes) is 4. The van der Waals surface area contributed by atoms with Gasteiger partial charge in [0.05, 0.1) is 0 Å². The average molecular weight is 177 g/mol. The Morgan fingerprint density at radius 2 is 1.78 bits per heavy atom. The Hall–Kier alpha value is 0.363. The maximum absolute atomic E-state index is 3.68. The SMILES string of the molecule is C=CCCCCC[CH2][Zn]. The molecule has 0 radical (unpaired) electrons. The van der Waals surface area contributed by atoms with E-state index in [1.165, 1.54) is 55.4 Å². The molecule has 0 N–H and O–H groups in total. The van der Waals surface area contributed by atoms with Crippen LogP contribution in [-0.4, -0.2) is 0 Å². The Balaban J connectivity index is 2.66. The van der Waals surface area contributed by atoms with E-state index in [4.69, 9.17) is 0 Å². The minimum atomic E-state index is 1.21. The van der Waals surface area contributed by atoms with Crippen LogP contribution in [0.15, 0.2) is 12.7 Å². The van der Waals surface area contributed by atoms with Gasteiger partial charge in [-0.3, -0.25) is 0 Å². The van der Waals surface area contributed by atoms with Crippen molar-refractivity contribution < 1.29 is 18.3 Å². The molecule has 0 saturated carbocycles. The van der Waals surface area contributed by atoms with Gasteiger partial charge in [0.25, 0.3) is 0 Å². The number of rotatable bonds is 6. The molecule has 0 aromatic heterocycles. The van der Waals surface area contributed by atoms with Crippen LogP contribution in [0.4, 0.5) is 0 Å². The van der Waals surface area contributed by atoms with Gasteiger partial charge in [0.15, 0.2) is 0 Å². The van der Waals surface area contributed by atoms with Gasteiger partial charge >= 0.3 is 68.1 Å². The van der Waals surface area contributed by atoms with E-state index < -0.39 is 0 Å². The van der Waals surface area contributed by atoms with Crippen LogP contribution in [-0.2, 0) is 18.3 Å². The summed E-state index contributed by atoms with van der Waals surface area (Å²) in [5.41, 5.74) is 0. The third-order valence-electron chi connectivity index (χ3n) is 1.41. The number of allylic oxidation sites excluding steroid dienone is 1. The van der Waals surface area contributed by atoms with Crippen molar-refractivity contribution in [2.24, 2.45) is 0 Å². The predicted octanol–water partition coefficient (Wildman–Crippen LogP) is 3.09. The Morgan fingerprint density at radius 1 is 1.11 bits per heavy atom. The second-order valence-electron chi connectivity index (χ2n) is 2.35. The molecule has 0 atom stereocenters. The number of hydrogen-bond donors (Lipinski definition) is 0. The molecule has 0 fully saturated rings. The first-order valence-corrected chi connectivity index (χ1v) is 5.91. The average Bonchev–Trinajstić information content (AvgIpc) is 1.89. The molecule has 0 bridgehead atoms. The van der Waals surface area contributed by atoms with E-state index in [-0.39, 0.29) is 0 Å². The van der Waals surface area contributed by atoms with Crippen LogP contribution >= 0.6 is 0 Å². The molecule has 49 valence electrons. The Morgan fingerprint density at radius 3 is 2.33 bits per heavy atom. The second kappa shape index (κ2) is 8.36. The molecule has 0 unspecified atom stereocenters. The van der Waals surface area contributed by atoms with Gasteiger partial charge in [-0.05, 0) is 0 Å². The van der Waals surface area contributed by atoms with Gasteiger partial charge in [-0.1, -0.05) is 0 Å². The molecule has 9 heavy (non-hydrogen) atoms. The molecule has 0 aliphatic heterocycles. The third kappa shape index (κ3) is 8.36. The quantitative estimate of drug-likeness (QED) is 0.332. The van der Waals surface area contributed by atoms with Crippen molar-refractivity contribution in [1.82, 2.24) is 0 Å². The topological polar surface area (TPSA) is 0 Å². The summed E-state index contributed by atoms with van der Waals surface area (Å²) in [5, 5.41) is 1.47. The van der Waals surface area contributed by atoms with Crippen molar-refractivity contribution in [2.45, 2.75) is 37.1 Å². The van der Waals surface area contributed by atoms with E-state index in [9.17, 15) is 0 Å². The zero-order chi connectivity index (χ0) is 6.95. The summed E-state index contributed by atoms with van der Waals surface area (Å²) >= 11 is 1.47. The van der Waals surface area contributed by atoms with Crippen molar-refractivity contribution in [3.8, 4) is 0 Å². The predicted molar refractivity (Wildman–Crippen MR) is 38.1 cm³/mol. The first-order chi connectivity index (χ1) is 4.41. The maximum atomic E-state index is 3.68. The fraction of sp³-hybridized carbons (Fsp3) is 0.750. The standard InChI is InChI=1S/C8H15.Zn/c1-3-5-7-8-6-4-2;/h3H,1-2,4-8H2;. The first-order valence-electron chi connectivity index (χ1n) is 3.82. The van der Waals surface area contributed by atoms with E-state index in [2.05, 4.69) is 6.58 Å². The van der Waals surface area contributed by atoms with Gasteiger partial charge in [0.2, 0.25) is 0 Å². The Labute approximate surface area is 68.4 Å². The van der Waals surface area contributed by atoms with Gasteiger partial charge < -0.3 is 0 Å². The van der Waals surface area contributed by atoms with Crippen molar-refractivity contribution in [3.63, 3.8) is 0 Å². The zero-order valence-electron chi connectivity index (χ0n) is 6.23. The molecule has 0 nitrogen and oxygen atoms in total. The van der Waals surface area contributed by atoms with Crippen LogP contribution in [0.2, 0.25) is 5.02 Å². The fourth-order valence-corrected chi connectivity index (χ4v) is 1.56. The van der Waals surface area contributed by atoms with Crippen LogP contribution in [0.25, 0.3) is 0 Å². The van der Waals surface area contributed by atoms with Crippen molar-refractivity contribution >= 4 is 0 Å². The monoisotopic (exact) mass is 175 g/mol. The molecule has 0 rings (SSSR count). The van der Waals surface area contributed by atoms with Crippen LogP contribution in [0, 0.1) is 0 Å². The molecule has 0 spiro atoms. The fourth-order valence-electron chi connectivity index (χ4n) is 0.819. The summed E-state index contributed by atoms with van der Waals surface area (Å²) in [6, 6.07) is 0. The summed E-state index contributed by atoms with van der Waals surface area (Å²) < 4.78 is 0. The van der Waals surface area contributed by atoms with Crippen LogP contribution in [0.5, 0.6) is 0 Å². The van der Waals surface area contributed by atoms with Crippen molar-refractivity contribution in [2.75, 3.05) is 0 Å². The van der Waals surface area contributed by atoms with Gasteiger partial charge in [0.1, 0.15) is 0 Å². The molecule has 0 aliphatic carbocycles. The summed E-state index contributed by atoms with van der Waals surface area (Å²) in [5.74, 6) is 0. The normalized spacial score (nSPS) is 9.56. The molecule has 0 amide bonds. The Bertz CT molecular complexity index is 59.6. The summed E-state index contributed by atoms with van der Waals surface area (Å²) in [4.78, 5) is 0. The Kier molecular flexibility index (Phi) is 8.70. The summed E-state index contributed by atoms with van der Waals surface area (Å²) in [7, 11) is 0. The van der Waals surface area contributed by atoms with Gasteiger partial charge in [-0.15, -0.1) is 0 Å². The molecule has 0 saturated heterocycles. The van der Waals surface area contributed by atoms with E-state index in [1.807, 2.05) is 6.08 Å². The second-order valence-corrected chi connectivity index (χ2v) is 3.83. The molecule has 0 aromatic rings. The zero-order valence-corrected chi connectivity index (χ0v) is 9.20. The summed E-state index contributed by atoms with van der Waals surface area (Å²) in [6.45, 7) is 3.68. The van der Waals surface area contributed by atoms with E-state index >= 15 is 0 Å². The van der Waals surface area contributed by atoms with Crippen molar-refractivity contribution in [1.29, 1.82) is 0 Å². The van der Waals surface area contributed by atoms with Gasteiger partial charge in [-0.2, -0.15) is 0 Å². The van der Waals surface area contributed by atoms with E-state index in [0.29, 0.717) is 0 Å². The first kappa shape index (κ1) is 9.36. The van der Waals surface area contributed by atoms with E-state index in [1.54, 1.807) is 0 Å². The number of hydrogen-bond acceptors (Lipinski definition) is 0. The third-order valence-corrected chi connectivity index (χ3v) is 2.46. The molecule has 0 aliphatic rings.